The number of halogens is 2. The van der Waals surface area contributed by atoms with Gasteiger partial charge in [0.05, 0.1) is 0 Å². The highest BCUT2D eigenvalue weighted by Crippen LogP contribution is 2.57. The topological polar surface area (TPSA) is 0 Å². The number of rotatable bonds is 0. The second-order valence-corrected chi connectivity index (χ2v) is 10.7. The molecule has 0 spiro atoms. The van der Waals surface area contributed by atoms with E-state index in [0.29, 0.717) is 0 Å². The van der Waals surface area contributed by atoms with Crippen molar-refractivity contribution in [3.05, 3.63) is 0 Å². The van der Waals surface area contributed by atoms with Crippen LogP contribution in [0.25, 0.3) is 0 Å². The van der Waals surface area contributed by atoms with Crippen LogP contribution in [0.4, 0.5) is 0 Å². The minimum Gasteiger partial charge on any atom is -0.146 e. The van der Waals surface area contributed by atoms with Gasteiger partial charge in [0.25, 0.3) is 6.69 Å². The van der Waals surface area contributed by atoms with E-state index in [1.807, 2.05) is 0 Å². The molecular formula is C6H10Cl2Si. The first-order valence-electron chi connectivity index (χ1n) is 3.56. The van der Waals surface area contributed by atoms with Crippen molar-refractivity contribution in [2.24, 2.45) is 5.92 Å². The van der Waals surface area contributed by atoms with E-state index in [0.717, 1.165) is 11.5 Å². The average molecular weight is 181 g/mol. The molecule has 0 nitrogen and oxygen atoms in total. The maximum atomic E-state index is 6.17. The van der Waals surface area contributed by atoms with Gasteiger partial charge in [0, 0.05) is 0 Å². The first-order valence-corrected chi connectivity index (χ1v) is 7.87. The van der Waals surface area contributed by atoms with Crippen molar-refractivity contribution in [2.45, 2.75) is 30.8 Å². The quantitative estimate of drug-likeness (QED) is 0.398. The van der Waals surface area contributed by atoms with Crippen LogP contribution in [0.2, 0.25) is 11.6 Å². The van der Waals surface area contributed by atoms with Gasteiger partial charge in [0.2, 0.25) is 0 Å². The molecule has 1 heterocycles. The van der Waals surface area contributed by atoms with Crippen molar-refractivity contribution in [1.82, 2.24) is 0 Å². The third-order valence-corrected chi connectivity index (χ3v) is 8.32. The molecule has 2 bridgehead atoms. The zero-order valence-electron chi connectivity index (χ0n) is 5.24. The Kier molecular flexibility index (Phi) is 1.37. The van der Waals surface area contributed by atoms with Crippen molar-refractivity contribution in [1.29, 1.82) is 0 Å². The van der Waals surface area contributed by atoms with Gasteiger partial charge in [0.1, 0.15) is 0 Å². The predicted molar refractivity (Wildman–Crippen MR) is 43.4 cm³/mol. The van der Waals surface area contributed by atoms with Gasteiger partial charge in [-0.25, -0.2) is 0 Å². The second kappa shape index (κ2) is 1.90. The van der Waals surface area contributed by atoms with Crippen LogP contribution in [0.15, 0.2) is 0 Å². The maximum absolute atomic E-state index is 6.17. The summed E-state index contributed by atoms with van der Waals surface area (Å²) in [5, 5.41) is 0. The van der Waals surface area contributed by atoms with Gasteiger partial charge in [-0.15, -0.1) is 22.2 Å². The van der Waals surface area contributed by atoms with Crippen LogP contribution in [0.5, 0.6) is 0 Å². The molecule has 2 atom stereocenters. The lowest BCUT2D eigenvalue weighted by molar-refractivity contribution is 0.623. The number of hydrogen-bond donors (Lipinski definition) is 0. The van der Waals surface area contributed by atoms with E-state index in [1.165, 1.54) is 25.3 Å². The van der Waals surface area contributed by atoms with Crippen LogP contribution in [-0.4, -0.2) is 6.69 Å². The molecule has 1 aliphatic carbocycles. The largest absolute Gasteiger partial charge is 0.254 e. The fourth-order valence-corrected chi connectivity index (χ4v) is 7.44. The summed E-state index contributed by atoms with van der Waals surface area (Å²) in [5.74, 6) is 0.914. The predicted octanol–water partition coefficient (Wildman–Crippen LogP) is 3.09. The fourth-order valence-electron chi connectivity index (χ4n) is 2.20. The summed E-state index contributed by atoms with van der Waals surface area (Å²) in [6, 6.07) is 1.18. The van der Waals surface area contributed by atoms with E-state index in [1.54, 1.807) is 0 Å². The second-order valence-electron chi connectivity index (χ2n) is 3.34. The summed E-state index contributed by atoms with van der Waals surface area (Å²) in [4.78, 5) is 0. The van der Waals surface area contributed by atoms with Gasteiger partial charge in [-0.3, -0.25) is 0 Å². The van der Waals surface area contributed by atoms with E-state index in [-0.39, 0.29) is 0 Å². The van der Waals surface area contributed by atoms with Crippen molar-refractivity contribution in [3.8, 4) is 0 Å². The highest BCUT2D eigenvalue weighted by atomic mass is 35.7. The molecular weight excluding hydrogens is 171 g/mol. The van der Waals surface area contributed by atoms with Gasteiger partial charge in [-0.1, -0.05) is 12.8 Å². The molecule has 2 rings (SSSR count). The molecule has 0 N–H and O–H groups in total. The van der Waals surface area contributed by atoms with Crippen molar-refractivity contribution >= 4 is 28.9 Å². The zero-order valence-corrected chi connectivity index (χ0v) is 7.75. The fraction of sp³-hybridized carbons (Fsp3) is 1.00. The maximum Gasteiger partial charge on any atom is 0.254 e. The lowest BCUT2D eigenvalue weighted by Crippen LogP contribution is -2.23. The Morgan fingerprint density at radius 1 is 1.22 bits per heavy atom. The minimum atomic E-state index is -1.68. The van der Waals surface area contributed by atoms with Crippen LogP contribution in [-0.2, 0) is 0 Å². The minimum absolute atomic E-state index is 0.755. The molecule has 0 aromatic carbocycles. The molecule has 0 aromatic heterocycles. The lowest BCUT2D eigenvalue weighted by Gasteiger charge is -2.20. The Bertz CT molecular complexity index is 135. The van der Waals surface area contributed by atoms with Gasteiger partial charge in [0.15, 0.2) is 0 Å². The number of hydrogen-bond acceptors (Lipinski definition) is 0. The van der Waals surface area contributed by atoms with Gasteiger partial charge < -0.3 is 0 Å². The summed E-state index contributed by atoms with van der Waals surface area (Å²) in [6.07, 6.45) is 4.07. The van der Waals surface area contributed by atoms with Crippen LogP contribution in [0.3, 0.4) is 0 Å². The molecule has 9 heavy (non-hydrogen) atoms. The summed E-state index contributed by atoms with van der Waals surface area (Å²) < 4.78 is 0. The van der Waals surface area contributed by atoms with Crippen molar-refractivity contribution < 1.29 is 0 Å². The molecule has 3 heteroatoms. The summed E-state index contributed by atoms with van der Waals surface area (Å²) in [7, 11) is 0. The van der Waals surface area contributed by atoms with Crippen LogP contribution >= 0.6 is 22.2 Å². The third-order valence-electron chi connectivity index (χ3n) is 2.70. The summed E-state index contributed by atoms with van der Waals surface area (Å²) in [6.45, 7) is -1.68. The lowest BCUT2D eigenvalue weighted by atomic mass is 10.1. The monoisotopic (exact) mass is 180 g/mol. The summed E-state index contributed by atoms with van der Waals surface area (Å²) in [5.41, 5.74) is 0.755. The molecule has 2 aliphatic rings. The summed E-state index contributed by atoms with van der Waals surface area (Å²) >= 11 is 12.3. The number of fused-ring (bicyclic) bond motifs is 2. The molecule has 52 valence electrons. The SMILES string of the molecule is Cl[Si]1(Cl)CC2CCC1C2. The molecule has 2 fully saturated rings. The van der Waals surface area contributed by atoms with Crippen LogP contribution < -0.4 is 0 Å². The molecule has 0 radical (unpaired) electrons. The van der Waals surface area contributed by atoms with Gasteiger partial charge in [-0.05, 0) is 23.9 Å². The van der Waals surface area contributed by atoms with E-state index in [2.05, 4.69) is 0 Å². The Morgan fingerprint density at radius 2 is 2.00 bits per heavy atom. The highest BCUT2D eigenvalue weighted by molar-refractivity contribution is 7.46. The Hall–Kier alpha value is 0.797. The Balaban J connectivity index is 2.18. The van der Waals surface area contributed by atoms with E-state index in [9.17, 15) is 0 Å². The van der Waals surface area contributed by atoms with E-state index in [4.69, 9.17) is 22.2 Å². The molecule has 0 amide bonds. The Labute approximate surface area is 66.0 Å². The first kappa shape index (κ1) is 6.50. The van der Waals surface area contributed by atoms with Crippen molar-refractivity contribution in [2.75, 3.05) is 0 Å². The van der Waals surface area contributed by atoms with Gasteiger partial charge >= 0.3 is 0 Å². The van der Waals surface area contributed by atoms with Gasteiger partial charge in [-0.2, -0.15) is 0 Å². The smallest absolute Gasteiger partial charge is 0.146 e. The average Bonchev–Trinajstić information content (AvgIpc) is 2.19. The third kappa shape index (κ3) is 0.940. The van der Waals surface area contributed by atoms with Crippen molar-refractivity contribution in [3.63, 3.8) is 0 Å². The van der Waals surface area contributed by atoms with Crippen LogP contribution in [0.1, 0.15) is 19.3 Å². The molecule has 2 unspecified atom stereocenters. The van der Waals surface area contributed by atoms with Crippen LogP contribution in [0, 0.1) is 5.92 Å². The first-order chi connectivity index (χ1) is 4.18. The highest BCUT2D eigenvalue weighted by Gasteiger charge is 2.51. The van der Waals surface area contributed by atoms with E-state index >= 15 is 0 Å². The molecule has 1 saturated carbocycles. The molecule has 0 aromatic rings. The molecule has 1 aliphatic heterocycles. The standard InChI is InChI=1S/C6H10Cl2Si/c7-9(8)4-5-1-2-6(9)3-5/h5-6H,1-4H2. The zero-order chi connectivity index (χ0) is 6.48. The molecule has 1 saturated heterocycles. The van der Waals surface area contributed by atoms with E-state index < -0.39 is 6.69 Å². The normalized spacial score (nSPS) is 46.0. The Morgan fingerprint density at radius 3 is 2.22 bits per heavy atom.